The van der Waals surface area contributed by atoms with Gasteiger partial charge < -0.3 is 5.32 Å². The summed E-state index contributed by atoms with van der Waals surface area (Å²) in [6, 6.07) is 1.25. The molecule has 14 heavy (non-hydrogen) atoms. The summed E-state index contributed by atoms with van der Waals surface area (Å²) in [5.41, 5.74) is 0. The first kappa shape index (κ1) is 14.0. The van der Waals surface area contributed by atoms with E-state index in [0.717, 1.165) is 11.8 Å². The van der Waals surface area contributed by atoms with Crippen LogP contribution >= 0.6 is 0 Å². The summed E-state index contributed by atoms with van der Waals surface area (Å²) in [4.78, 5) is 0. The molecule has 0 radical (unpaired) electrons. The van der Waals surface area contributed by atoms with Gasteiger partial charge in [0.05, 0.1) is 0 Å². The fourth-order valence-corrected chi connectivity index (χ4v) is 2.14. The van der Waals surface area contributed by atoms with Gasteiger partial charge in [-0.25, -0.2) is 0 Å². The van der Waals surface area contributed by atoms with Crippen molar-refractivity contribution in [1.82, 2.24) is 5.32 Å². The molecule has 0 aliphatic rings. The van der Waals surface area contributed by atoms with Crippen molar-refractivity contribution in [2.45, 2.75) is 72.9 Å². The Morgan fingerprint density at radius 2 is 1.57 bits per heavy atom. The molecule has 0 aromatic carbocycles. The fraction of sp³-hybridized carbons (Fsp3) is 1.00. The van der Waals surface area contributed by atoms with E-state index in [1.165, 1.54) is 19.3 Å². The van der Waals surface area contributed by atoms with Crippen LogP contribution in [0.25, 0.3) is 0 Å². The normalized spacial score (nSPS) is 18.2. The predicted molar refractivity (Wildman–Crippen MR) is 65.6 cm³/mol. The molecule has 0 spiro atoms. The molecular weight excluding hydrogens is 170 g/mol. The monoisotopic (exact) mass is 199 g/mol. The molecule has 3 unspecified atom stereocenters. The van der Waals surface area contributed by atoms with Crippen molar-refractivity contribution < 1.29 is 0 Å². The van der Waals surface area contributed by atoms with Crippen molar-refractivity contribution in [2.24, 2.45) is 11.8 Å². The number of hydrogen-bond donors (Lipinski definition) is 1. The summed E-state index contributed by atoms with van der Waals surface area (Å²) in [6.45, 7) is 13.8. The van der Waals surface area contributed by atoms with Gasteiger partial charge in [-0.15, -0.1) is 0 Å². The molecule has 86 valence electrons. The third kappa shape index (κ3) is 6.42. The highest BCUT2D eigenvalue weighted by atomic mass is 14.9. The molecule has 0 amide bonds. The van der Waals surface area contributed by atoms with Crippen LogP contribution in [-0.4, -0.2) is 12.1 Å². The van der Waals surface area contributed by atoms with Gasteiger partial charge in [-0.3, -0.25) is 0 Å². The third-order valence-corrected chi connectivity index (χ3v) is 3.01. The Labute approximate surface area is 90.7 Å². The molecule has 0 saturated heterocycles. The zero-order valence-corrected chi connectivity index (χ0v) is 10.9. The molecule has 1 nitrogen and oxygen atoms in total. The molecule has 0 fully saturated rings. The average Bonchev–Trinajstić information content (AvgIpc) is 2.02. The van der Waals surface area contributed by atoms with Gasteiger partial charge in [0, 0.05) is 12.1 Å². The van der Waals surface area contributed by atoms with E-state index >= 15 is 0 Å². The second-order valence-corrected chi connectivity index (χ2v) is 5.22. The van der Waals surface area contributed by atoms with E-state index in [4.69, 9.17) is 0 Å². The second kappa shape index (κ2) is 7.28. The summed E-state index contributed by atoms with van der Waals surface area (Å²) in [7, 11) is 0. The van der Waals surface area contributed by atoms with Crippen molar-refractivity contribution in [3.63, 3.8) is 0 Å². The van der Waals surface area contributed by atoms with Crippen LogP contribution in [0.15, 0.2) is 0 Å². The van der Waals surface area contributed by atoms with Gasteiger partial charge in [0.25, 0.3) is 0 Å². The molecular formula is C13H29N. The van der Waals surface area contributed by atoms with Gasteiger partial charge in [-0.2, -0.15) is 0 Å². The summed E-state index contributed by atoms with van der Waals surface area (Å²) in [5, 5.41) is 3.59. The molecule has 0 aliphatic heterocycles. The highest BCUT2D eigenvalue weighted by molar-refractivity contribution is 4.72. The van der Waals surface area contributed by atoms with Gasteiger partial charge in [-0.05, 0) is 25.2 Å². The maximum atomic E-state index is 3.59. The minimum atomic E-state index is 0.605. The minimum Gasteiger partial charge on any atom is -0.312 e. The Morgan fingerprint density at radius 1 is 1.00 bits per heavy atom. The molecule has 1 N–H and O–H groups in total. The van der Waals surface area contributed by atoms with Crippen molar-refractivity contribution in [2.75, 3.05) is 0 Å². The molecule has 0 heterocycles. The quantitative estimate of drug-likeness (QED) is 0.657. The Balaban J connectivity index is 3.76. The van der Waals surface area contributed by atoms with Crippen LogP contribution in [0.4, 0.5) is 0 Å². The molecule has 0 bridgehead atoms. The van der Waals surface area contributed by atoms with Crippen LogP contribution < -0.4 is 5.32 Å². The molecule has 3 atom stereocenters. The van der Waals surface area contributed by atoms with E-state index in [9.17, 15) is 0 Å². The van der Waals surface area contributed by atoms with Crippen LogP contribution in [0.3, 0.4) is 0 Å². The topological polar surface area (TPSA) is 12.0 Å². The van der Waals surface area contributed by atoms with E-state index < -0.39 is 0 Å². The molecule has 0 aromatic heterocycles. The van der Waals surface area contributed by atoms with E-state index in [0.29, 0.717) is 12.1 Å². The van der Waals surface area contributed by atoms with Crippen LogP contribution in [-0.2, 0) is 0 Å². The Kier molecular flexibility index (Phi) is 7.26. The highest BCUT2D eigenvalue weighted by Gasteiger charge is 2.15. The minimum absolute atomic E-state index is 0.605. The third-order valence-electron chi connectivity index (χ3n) is 3.01. The zero-order valence-electron chi connectivity index (χ0n) is 10.9. The van der Waals surface area contributed by atoms with Crippen molar-refractivity contribution in [3.8, 4) is 0 Å². The van der Waals surface area contributed by atoms with E-state index in [1.54, 1.807) is 0 Å². The summed E-state index contributed by atoms with van der Waals surface area (Å²) < 4.78 is 0. The maximum absolute atomic E-state index is 3.59. The largest absolute Gasteiger partial charge is 0.312 e. The lowest BCUT2D eigenvalue weighted by atomic mass is 9.89. The Morgan fingerprint density at radius 3 is 2.00 bits per heavy atom. The molecule has 1 heteroatoms. The first-order chi connectivity index (χ1) is 6.47. The smallest absolute Gasteiger partial charge is 0.00668 e. The maximum Gasteiger partial charge on any atom is 0.00668 e. The molecule has 0 rings (SSSR count). The zero-order chi connectivity index (χ0) is 11.1. The fourth-order valence-electron chi connectivity index (χ4n) is 2.14. The Bertz CT molecular complexity index is 131. The predicted octanol–water partition coefficient (Wildman–Crippen LogP) is 3.84. The van der Waals surface area contributed by atoms with Crippen molar-refractivity contribution in [1.29, 1.82) is 0 Å². The lowest BCUT2D eigenvalue weighted by Crippen LogP contribution is -2.37. The first-order valence-electron chi connectivity index (χ1n) is 6.23. The number of nitrogens with one attached hydrogen (secondary N) is 1. The standard InChI is InChI=1S/C13H29N/c1-7-8-11(4)9-12(5)13(6)14-10(2)3/h10-14H,7-9H2,1-6H3. The lowest BCUT2D eigenvalue weighted by molar-refractivity contribution is 0.306. The SMILES string of the molecule is CCCC(C)CC(C)C(C)NC(C)C. The highest BCUT2D eigenvalue weighted by Crippen LogP contribution is 2.19. The van der Waals surface area contributed by atoms with Gasteiger partial charge in [-0.1, -0.05) is 47.5 Å². The van der Waals surface area contributed by atoms with Crippen LogP contribution in [0.5, 0.6) is 0 Å². The lowest BCUT2D eigenvalue weighted by Gasteiger charge is -2.25. The molecule has 0 saturated carbocycles. The number of rotatable bonds is 7. The van der Waals surface area contributed by atoms with Gasteiger partial charge in [0.2, 0.25) is 0 Å². The summed E-state index contributed by atoms with van der Waals surface area (Å²) in [6.07, 6.45) is 4.05. The van der Waals surface area contributed by atoms with Gasteiger partial charge in [0.15, 0.2) is 0 Å². The van der Waals surface area contributed by atoms with E-state index in [1.807, 2.05) is 0 Å². The second-order valence-electron chi connectivity index (χ2n) is 5.22. The van der Waals surface area contributed by atoms with Crippen LogP contribution in [0, 0.1) is 11.8 Å². The Hall–Kier alpha value is -0.0400. The number of hydrogen-bond acceptors (Lipinski definition) is 1. The van der Waals surface area contributed by atoms with Crippen molar-refractivity contribution >= 4 is 0 Å². The summed E-state index contributed by atoms with van der Waals surface area (Å²) in [5.74, 6) is 1.67. The average molecular weight is 199 g/mol. The van der Waals surface area contributed by atoms with Crippen molar-refractivity contribution in [3.05, 3.63) is 0 Å². The van der Waals surface area contributed by atoms with Gasteiger partial charge >= 0.3 is 0 Å². The summed E-state index contributed by atoms with van der Waals surface area (Å²) >= 11 is 0. The van der Waals surface area contributed by atoms with Gasteiger partial charge in [0.1, 0.15) is 0 Å². The van der Waals surface area contributed by atoms with E-state index in [-0.39, 0.29) is 0 Å². The first-order valence-corrected chi connectivity index (χ1v) is 6.23. The van der Waals surface area contributed by atoms with Crippen LogP contribution in [0.1, 0.15) is 60.8 Å². The molecule has 0 aliphatic carbocycles. The van der Waals surface area contributed by atoms with Crippen LogP contribution in [0.2, 0.25) is 0 Å². The van der Waals surface area contributed by atoms with E-state index in [2.05, 4.69) is 46.9 Å². The molecule has 0 aromatic rings.